The van der Waals surface area contributed by atoms with Gasteiger partial charge in [0.15, 0.2) is 11.5 Å². The minimum absolute atomic E-state index is 0. The predicted molar refractivity (Wildman–Crippen MR) is 128 cm³/mol. The summed E-state index contributed by atoms with van der Waals surface area (Å²) in [6.45, 7) is 6.26. The second-order valence-electron chi connectivity index (χ2n) is 7.18. The number of nitrogens with one attached hydrogen (secondary N) is 1. The molecule has 1 saturated heterocycles. The minimum atomic E-state index is -0.0995. The maximum atomic E-state index is 12.3. The lowest BCUT2D eigenvalue weighted by molar-refractivity contribution is 0.0933. The summed E-state index contributed by atoms with van der Waals surface area (Å²) in [5, 5.41) is 4.44. The third-order valence-corrected chi connectivity index (χ3v) is 5.82. The number of carbonyl (C=O) groups is 1. The topological polar surface area (TPSA) is 54.0 Å². The Morgan fingerprint density at radius 3 is 2.42 bits per heavy atom. The summed E-state index contributed by atoms with van der Waals surface area (Å²) in [5.74, 6) is 1.20. The van der Waals surface area contributed by atoms with Gasteiger partial charge in [0.1, 0.15) is 0 Å². The number of ether oxygens (including phenoxy) is 2. The van der Waals surface area contributed by atoms with E-state index in [2.05, 4.69) is 15.1 Å². The van der Waals surface area contributed by atoms with Gasteiger partial charge in [-0.05, 0) is 42.0 Å². The van der Waals surface area contributed by atoms with Gasteiger partial charge in [-0.15, -0.1) is 24.8 Å². The molecule has 170 valence electrons. The number of hydrogen-bond donors (Lipinski definition) is 1. The zero-order valence-corrected chi connectivity index (χ0v) is 20.0. The molecule has 0 saturated carbocycles. The average molecular weight is 509 g/mol. The Morgan fingerprint density at radius 2 is 1.65 bits per heavy atom. The zero-order chi connectivity index (χ0) is 20.2. The van der Waals surface area contributed by atoms with Crippen molar-refractivity contribution in [1.82, 2.24) is 15.1 Å². The van der Waals surface area contributed by atoms with E-state index in [1.54, 1.807) is 18.2 Å². The number of rotatable bonds is 6. The molecular weight excluding hydrogens is 484 g/mol. The second kappa shape index (κ2) is 12.0. The van der Waals surface area contributed by atoms with E-state index < -0.39 is 0 Å². The minimum Gasteiger partial charge on any atom is -0.454 e. The van der Waals surface area contributed by atoms with E-state index in [0.717, 1.165) is 49.9 Å². The first-order valence-electron chi connectivity index (χ1n) is 9.65. The van der Waals surface area contributed by atoms with Crippen molar-refractivity contribution in [1.29, 1.82) is 0 Å². The van der Waals surface area contributed by atoms with E-state index >= 15 is 0 Å². The molecule has 1 fully saturated rings. The summed E-state index contributed by atoms with van der Waals surface area (Å²) >= 11 is 12.4. The largest absolute Gasteiger partial charge is 0.454 e. The molecule has 0 atom stereocenters. The predicted octanol–water partition coefficient (Wildman–Crippen LogP) is 4.11. The molecular formula is C21H25Cl4N3O3. The lowest BCUT2D eigenvalue weighted by atomic mass is 10.2. The molecule has 6 nitrogen and oxygen atoms in total. The van der Waals surface area contributed by atoms with Crippen LogP contribution in [0.5, 0.6) is 11.5 Å². The highest BCUT2D eigenvalue weighted by Gasteiger charge is 2.19. The van der Waals surface area contributed by atoms with Gasteiger partial charge in [0, 0.05) is 61.4 Å². The first kappa shape index (κ1) is 25.8. The summed E-state index contributed by atoms with van der Waals surface area (Å²) in [4.78, 5) is 17.1. The van der Waals surface area contributed by atoms with Crippen LogP contribution in [0.2, 0.25) is 10.0 Å². The van der Waals surface area contributed by atoms with Gasteiger partial charge in [-0.2, -0.15) is 0 Å². The number of carbonyl (C=O) groups excluding carboxylic acids is 1. The SMILES string of the molecule is Cl.Cl.O=C(NCCN1CCN(Cc2cc(Cl)ccc2Cl)CC1)c1ccc2c(c1)OCO2. The van der Waals surface area contributed by atoms with E-state index in [0.29, 0.717) is 28.6 Å². The molecule has 0 unspecified atom stereocenters. The highest BCUT2D eigenvalue weighted by Crippen LogP contribution is 2.32. The first-order valence-corrected chi connectivity index (χ1v) is 10.4. The van der Waals surface area contributed by atoms with Crippen molar-refractivity contribution in [2.75, 3.05) is 46.1 Å². The monoisotopic (exact) mass is 507 g/mol. The van der Waals surface area contributed by atoms with Gasteiger partial charge < -0.3 is 14.8 Å². The van der Waals surface area contributed by atoms with E-state index in [1.807, 2.05) is 18.2 Å². The molecule has 0 radical (unpaired) electrons. The number of amides is 1. The van der Waals surface area contributed by atoms with Gasteiger partial charge in [-0.3, -0.25) is 14.6 Å². The molecule has 10 heteroatoms. The number of piperazine rings is 1. The smallest absolute Gasteiger partial charge is 0.251 e. The molecule has 0 bridgehead atoms. The van der Waals surface area contributed by atoms with Crippen LogP contribution in [0, 0.1) is 0 Å². The van der Waals surface area contributed by atoms with Crippen molar-refractivity contribution in [3.8, 4) is 11.5 Å². The number of benzene rings is 2. The van der Waals surface area contributed by atoms with Crippen LogP contribution >= 0.6 is 48.0 Å². The number of nitrogens with zero attached hydrogens (tertiary/aromatic N) is 2. The number of fused-ring (bicyclic) bond motifs is 1. The first-order chi connectivity index (χ1) is 14.1. The fourth-order valence-electron chi connectivity index (χ4n) is 3.54. The molecule has 2 heterocycles. The quantitative estimate of drug-likeness (QED) is 0.636. The summed E-state index contributed by atoms with van der Waals surface area (Å²) in [6, 6.07) is 10.8. The van der Waals surface area contributed by atoms with Crippen molar-refractivity contribution in [2.45, 2.75) is 6.54 Å². The molecule has 2 aromatic rings. The third-order valence-electron chi connectivity index (χ3n) is 5.21. The molecule has 2 aliphatic rings. The molecule has 4 rings (SSSR count). The van der Waals surface area contributed by atoms with Gasteiger partial charge in [0.2, 0.25) is 6.79 Å². The van der Waals surface area contributed by atoms with Crippen molar-refractivity contribution in [3.63, 3.8) is 0 Å². The van der Waals surface area contributed by atoms with Crippen LogP contribution in [0.4, 0.5) is 0 Å². The number of hydrogen-bond acceptors (Lipinski definition) is 5. The Balaban J connectivity index is 0.00000171. The summed E-state index contributed by atoms with van der Waals surface area (Å²) in [6.07, 6.45) is 0. The van der Waals surface area contributed by atoms with Crippen LogP contribution in [0.15, 0.2) is 36.4 Å². The molecule has 1 N–H and O–H groups in total. The van der Waals surface area contributed by atoms with Gasteiger partial charge in [-0.1, -0.05) is 23.2 Å². The van der Waals surface area contributed by atoms with Crippen molar-refractivity contribution in [2.24, 2.45) is 0 Å². The van der Waals surface area contributed by atoms with E-state index in [4.69, 9.17) is 32.7 Å². The summed E-state index contributed by atoms with van der Waals surface area (Å²) in [7, 11) is 0. The Hall–Kier alpha value is -1.41. The summed E-state index contributed by atoms with van der Waals surface area (Å²) < 4.78 is 10.6. The lowest BCUT2D eigenvalue weighted by Crippen LogP contribution is -2.48. The average Bonchev–Trinajstić information content (AvgIpc) is 3.20. The number of halogens is 4. The lowest BCUT2D eigenvalue weighted by Gasteiger charge is -2.34. The van der Waals surface area contributed by atoms with Crippen LogP contribution in [-0.2, 0) is 6.54 Å². The van der Waals surface area contributed by atoms with Gasteiger partial charge in [0.05, 0.1) is 0 Å². The highest BCUT2D eigenvalue weighted by atomic mass is 35.5. The van der Waals surface area contributed by atoms with Gasteiger partial charge in [0.25, 0.3) is 5.91 Å². The molecule has 0 aliphatic carbocycles. The zero-order valence-electron chi connectivity index (χ0n) is 16.8. The Morgan fingerprint density at radius 1 is 0.935 bits per heavy atom. The molecule has 2 aromatic carbocycles. The van der Waals surface area contributed by atoms with E-state index in [1.165, 1.54) is 0 Å². The molecule has 1 amide bonds. The molecule has 0 spiro atoms. The van der Waals surface area contributed by atoms with Crippen LogP contribution in [0.25, 0.3) is 0 Å². The fraction of sp³-hybridized carbons (Fsp3) is 0.381. The third kappa shape index (κ3) is 6.78. The molecule has 2 aliphatic heterocycles. The van der Waals surface area contributed by atoms with Gasteiger partial charge in [-0.25, -0.2) is 0 Å². The Labute approximate surface area is 204 Å². The standard InChI is InChI=1S/C21H23Cl2N3O3.2ClH/c22-17-2-3-18(23)16(11-17)13-26-9-7-25(8-10-26)6-5-24-21(27)15-1-4-19-20(12-15)29-14-28-19;;/h1-4,11-12H,5-10,13-14H2,(H,24,27);2*1H. The Bertz CT molecular complexity index is 892. The maximum absolute atomic E-state index is 12.3. The molecule has 31 heavy (non-hydrogen) atoms. The molecule has 0 aromatic heterocycles. The Kier molecular flexibility index (Phi) is 10.0. The van der Waals surface area contributed by atoms with E-state index in [-0.39, 0.29) is 37.5 Å². The highest BCUT2D eigenvalue weighted by molar-refractivity contribution is 6.33. The van der Waals surface area contributed by atoms with Crippen LogP contribution in [0.1, 0.15) is 15.9 Å². The van der Waals surface area contributed by atoms with Crippen molar-refractivity contribution < 1.29 is 14.3 Å². The normalized spacial score (nSPS) is 15.7. The van der Waals surface area contributed by atoms with Crippen molar-refractivity contribution >= 4 is 53.9 Å². The fourth-order valence-corrected chi connectivity index (χ4v) is 3.92. The van der Waals surface area contributed by atoms with Gasteiger partial charge >= 0.3 is 0 Å². The van der Waals surface area contributed by atoms with Crippen LogP contribution in [-0.4, -0.2) is 61.8 Å². The van der Waals surface area contributed by atoms with E-state index in [9.17, 15) is 4.79 Å². The van der Waals surface area contributed by atoms with Crippen LogP contribution in [0.3, 0.4) is 0 Å². The maximum Gasteiger partial charge on any atom is 0.251 e. The summed E-state index contributed by atoms with van der Waals surface area (Å²) in [5.41, 5.74) is 1.64. The second-order valence-corrected chi connectivity index (χ2v) is 8.02. The van der Waals surface area contributed by atoms with Crippen LogP contribution < -0.4 is 14.8 Å². The van der Waals surface area contributed by atoms with Crippen molar-refractivity contribution in [3.05, 3.63) is 57.6 Å².